The van der Waals surface area contributed by atoms with E-state index in [4.69, 9.17) is 0 Å². The van der Waals surface area contributed by atoms with Gasteiger partial charge in [0.05, 0.1) is 5.92 Å². The summed E-state index contributed by atoms with van der Waals surface area (Å²) in [5.74, 6) is 1.30. The SMILES string of the molecule is O=C(NCC1CC1)C1CNC1. The van der Waals surface area contributed by atoms with Crippen molar-refractivity contribution in [2.45, 2.75) is 12.8 Å². The number of rotatable bonds is 3. The summed E-state index contributed by atoms with van der Waals surface area (Å²) in [6.45, 7) is 2.66. The average Bonchev–Trinajstić information content (AvgIpc) is 2.61. The molecule has 0 aromatic heterocycles. The maximum absolute atomic E-state index is 11.2. The van der Waals surface area contributed by atoms with Crippen LogP contribution in [0.2, 0.25) is 0 Å². The van der Waals surface area contributed by atoms with Gasteiger partial charge in [-0.2, -0.15) is 0 Å². The van der Waals surface area contributed by atoms with E-state index in [9.17, 15) is 4.79 Å². The van der Waals surface area contributed by atoms with Gasteiger partial charge in [-0.05, 0) is 18.8 Å². The van der Waals surface area contributed by atoms with Crippen LogP contribution in [0.1, 0.15) is 12.8 Å². The Kier molecular flexibility index (Phi) is 1.82. The zero-order valence-corrected chi connectivity index (χ0v) is 6.60. The number of hydrogen-bond donors (Lipinski definition) is 2. The second-order valence-electron chi connectivity index (χ2n) is 3.54. The molecule has 1 saturated heterocycles. The third-order valence-electron chi connectivity index (χ3n) is 2.41. The number of amides is 1. The van der Waals surface area contributed by atoms with Gasteiger partial charge in [0.2, 0.25) is 5.91 Å². The van der Waals surface area contributed by atoms with Gasteiger partial charge in [0.25, 0.3) is 0 Å². The summed E-state index contributed by atoms with van der Waals surface area (Å²) in [7, 11) is 0. The Morgan fingerprint density at radius 3 is 2.64 bits per heavy atom. The lowest BCUT2D eigenvalue weighted by Crippen LogP contribution is -2.51. The average molecular weight is 154 g/mol. The van der Waals surface area contributed by atoms with E-state index in [2.05, 4.69) is 10.6 Å². The van der Waals surface area contributed by atoms with Gasteiger partial charge in [0.1, 0.15) is 0 Å². The van der Waals surface area contributed by atoms with Crippen LogP contribution in [0.25, 0.3) is 0 Å². The highest BCUT2D eigenvalue weighted by atomic mass is 16.2. The first-order chi connectivity index (χ1) is 5.36. The molecule has 1 amide bonds. The molecular weight excluding hydrogens is 140 g/mol. The number of carbonyl (C=O) groups is 1. The smallest absolute Gasteiger partial charge is 0.225 e. The Hall–Kier alpha value is -0.570. The van der Waals surface area contributed by atoms with E-state index < -0.39 is 0 Å². The van der Waals surface area contributed by atoms with Gasteiger partial charge in [0, 0.05) is 19.6 Å². The van der Waals surface area contributed by atoms with Crippen molar-refractivity contribution in [1.82, 2.24) is 10.6 Å². The largest absolute Gasteiger partial charge is 0.356 e. The Balaban J connectivity index is 1.63. The van der Waals surface area contributed by atoms with E-state index in [1.165, 1.54) is 12.8 Å². The van der Waals surface area contributed by atoms with Crippen LogP contribution < -0.4 is 10.6 Å². The second kappa shape index (κ2) is 2.81. The fourth-order valence-electron chi connectivity index (χ4n) is 1.19. The van der Waals surface area contributed by atoms with Crippen molar-refractivity contribution in [1.29, 1.82) is 0 Å². The summed E-state index contributed by atoms with van der Waals surface area (Å²) in [6.07, 6.45) is 2.62. The topological polar surface area (TPSA) is 41.1 Å². The molecule has 0 spiro atoms. The van der Waals surface area contributed by atoms with Crippen molar-refractivity contribution < 1.29 is 4.79 Å². The molecule has 0 aromatic carbocycles. The minimum Gasteiger partial charge on any atom is -0.356 e. The maximum Gasteiger partial charge on any atom is 0.225 e. The van der Waals surface area contributed by atoms with Crippen LogP contribution in [0.4, 0.5) is 0 Å². The Morgan fingerprint density at radius 1 is 1.45 bits per heavy atom. The molecule has 62 valence electrons. The van der Waals surface area contributed by atoms with Crippen LogP contribution in [-0.4, -0.2) is 25.5 Å². The van der Waals surface area contributed by atoms with Crippen LogP contribution in [0.15, 0.2) is 0 Å². The van der Waals surface area contributed by atoms with Gasteiger partial charge in [-0.1, -0.05) is 0 Å². The minimum absolute atomic E-state index is 0.246. The van der Waals surface area contributed by atoms with Crippen molar-refractivity contribution in [3.63, 3.8) is 0 Å². The molecule has 0 atom stereocenters. The van der Waals surface area contributed by atoms with Gasteiger partial charge < -0.3 is 10.6 Å². The summed E-state index contributed by atoms with van der Waals surface area (Å²) >= 11 is 0. The summed E-state index contributed by atoms with van der Waals surface area (Å²) in [4.78, 5) is 11.2. The normalized spacial score (nSPS) is 24.4. The molecule has 0 unspecified atom stereocenters. The van der Waals surface area contributed by atoms with E-state index in [-0.39, 0.29) is 11.8 Å². The van der Waals surface area contributed by atoms with Crippen molar-refractivity contribution in [2.24, 2.45) is 11.8 Å². The third-order valence-corrected chi connectivity index (χ3v) is 2.41. The van der Waals surface area contributed by atoms with Crippen LogP contribution >= 0.6 is 0 Å². The lowest BCUT2D eigenvalue weighted by atomic mass is 10.0. The fraction of sp³-hybridized carbons (Fsp3) is 0.875. The zero-order chi connectivity index (χ0) is 7.68. The van der Waals surface area contributed by atoms with Crippen molar-refractivity contribution in [3.05, 3.63) is 0 Å². The van der Waals surface area contributed by atoms with E-state index in [0.717, 1.165) is 25.6 Å². The highest BCUT2D eigenvalue weighted by molar-refractivity contribution is 5.79. The summed E-state index contributed by atoms with van der Waals surface area (Å²) in [6, 6.07) is 0. The van der Waals surface area contributed by atoms with Gasteiger partial charge in [-0.25, -0.2) is 0 Å². The summed E-state index contributed by atoms with van der Waals surface area (Å²) in [5, 5.41) is 6.05. The first-order valence-corrected chi connectivity index (χ1v) is 4.34. The molecule has 2 aliphatic rings. The van der Waals surface area contributed by atoms with Gasteiger partial charge in [0.15, 0.2) is 0 Å². The molecule has 0 aromatic rings. The monoisotopic (exact) mass is 154 g/mol. The Labute approximate surface area is 66.5 Å². The summed E-state index contributed by atoms with van der Waals surface area (Å²) in [5.41, 5.74) is 0. The first-order valence-electron chi connectivity index (χ1n) is 4.34. The number of hydrogen-bond acceptors (Lipinski definition) is 2. The van der Waals surface area contributed by atoms with E-state index >= 15 is 0 Å². The maximum atomic E-state index is 11.2. The number of carbonyl (C=O) groups excluding carboxylic acids is 1. The molecule has 0 radical (unpaired) electrons. The van der Waals surface area contributed by atoms with Crippen molar-refractivity contribution >= 4 is 5.91 Å². The molecule has 1 aliphatic carbocycles. The molecule has 1 aliphatic heterocycles. The van der Waals surface area contributed by atoms with Crippen LogP contribution in [0.3, 0.4) is 0 Å². The highest BCUT2D eigenvalue weighted by Gasteiger charge is 2.27. The zero-order valence-electron chi connectivity index (χ0n) is 6.60. The standard InChI is InChI=1S/C8H14N2O/c11-8(7-4-9-5-7)10-3-6-1-2-6/h6-7,9H,1-5H2,(H,10,11). The first kappa shape index (κ1) is 7.10. The van der Waals surface area contributed by atoms with E-state index in [0.29, 0.717) is 0 Å². The molecule has 2 fully saturated rings. The predicted molar refractivity (Wildman–Crippen MR) is 42.1 cm³/mol. The minimum atomic E-state index is 0.246. The van der Waals surface area contributed by atoms with E-state index in [1.54, 1.807) is 0 Å². The van der Waals surface area contributed by atoms with Gasteiger partial charge in [-0.15, -0.1) is 0 Å². The fourth-order valence-corrected chi connectivity index (χ4v) is 1.19. The Bertz CT molecular complexity index is 161. The quantitative estimate of drug-likeness (QED) is 0.587. The molecule has 11 heavy (non-hydrogen) atoms. The lowest BCUT2D eigenvalue weighted by Gasteiger charge is -2.25. The molecule has 2 N–H and O–H groups in total. The molecule has 2 rings (SSSR count). The molecule has 3 heteroatoms. The molecule has 0 bridgehead atoms. The molecule has 3 nitrogen and oxygen atoms in total. The molecular formula is C8H14N2O. The summed E-state index contributed by atoms with van der Waals surface area (Å²) < 4.78 is 0. The van der Waals surface area contributed by atoms with Crippen LogP contribution in [0, 0.1) is 11.8 Å². The highest BCUT2D eigenvalue weighted by Crippen LogP contribution is 2.27. The van der Waals surface area contributed by atoms with Gasteiger partial charge in [-0.3, -0.25) is 4.79 Å². The van der Waals surface area contributed by atoms with Crippen LogP contribution in [0.5, 0.6) is 0 Å². The van der Waals surface area contributed by atoms with Crippen molar-refractivity contribution in [3.8, 4) is 0 Å². The van der Waals surface area contributed by atoms with E-state index in [1.807, 2.05) is 0 Å². The van der Waals surface area contributed by atoms with Crippen molar-refractivity contribution in [2.75, 3.05) is 19.6 Å². The molecule has 1 saturated carbocycles. The molecule has 1 heterocycles. The Morgan fingerprint density at radius 2 is 2.18 bits per heavy atom. The van der Waals surface area contributed by atoms with Crippen LogP contribution in [-0.2, 0) is 4.79 Å². The third kappa shape index (κ3) is 1.71. The second-order valence-corrected chi connectivity index (χ2v) is 3.54. The lowest BCUT2D eigenvalue weighted by molar-refractivity contribution is -0.126. The number of nitrogens with one attached hydrogen (secondary N) is 2. The predicted octanol–water partition coefficient (Wildman–Crippen LogP) is -0.268. The van der Waals surface area contributed by atoms with Gasteiger partial charge >= 0.3 is 0 Å².